The Morgan fingerprint density at radius 1 is 1.50 bits per heavy atom. The average Bonchev–Trinajstić information content (AvgIpc) is 2.57. The largest absolute Gasteiger partial charge is 0.394 e. The Morgan fingerprint density at radius 2 is 2.29 bits per heavy atom. The van der Waals surface area contributed by atoms with Gasteiger partial charge < -0.3 is 5.73 Å². The summed E-state index contributed by atoms with van der Waals surface area (Å²) in [6.07, 6.45) is 0. The molecule has 0 radical (unpaired) electrons. The minimum Gasteiger partial charge on any atom is -0.394 e. The van der Waals surface area contributed by atoms with E-state index < -0.39 is 0 Å². The third-order valence-electron chi connectivity index (χ3n) is 1.66. The summed E-state index contributed by atoms with van der Waals surface area (Å²) in [6, 6.07) is 5.12. The maximum absolute atomic E-state index is 10.9. The first-order valence-electron chi connectivity index (χ1n) is 3.78. The van der Waals surface area contributed by atoms with Crippen LogP contribution in [0.5, 0.6) is 0 Å². The number of aromatic nitrogens is 2. The van der Waals surface area contributed by atoms with Gasteiger partial charge in [0.15, 0.2) is 0 Å². The summed E-state index contributed by atoms with van der Waals surface area (Å²) in [5.74, 6) is 0. The van der Waals surface area contributed by atoms with Gasteiger partial charge in [-0.15, -0.1) is 11.3 Å². The van der Waals surface area contributed by atoms with Gasteiger partial charge in [-0.3, -0.25) is 4.79 Å². The average molecular weight is 228 g/mol. The van der Waals surface area contributed by atoms with Crippen LogP contribution in [0.4, 0.5) is 5.69 Å². The minimum absolute atomic E-state index is 0.152. The number of hydrogen-bond acceptors (Lipinski definition) is 4. The molecule has 0 amide bonds. The lowest BCUT2D eigenvalue weighted by molar-refractivity contribution is 1.00. The molecule has 0 bridgehead atoms. The van der Waals surface area contributed by atoms with Crippen molar-refractivity contribution in [3.8, 4) is 10.6 Å². The molecule has 0 saturated heterocycles. The monoisotopic (exact) mass is 227 g/mol. The van der Waals surface area contributed by atoms with Crippen LogP contribution in [-0.2, 0) is 0 Å². The Hall–Kier alpha value is -1.33. The van der Waals surface area contributed by atoms with Crippen molar-refractivity contribution < 1.29 is 0 Å². The van der Waals surface area contributed by atoms with E-state index in [4.69, 9.17) is 17.3 Å². The maximum Gasteiger partial charge on any atom is 0.287 e. The van der Waals surface area contributed by atoms with Crippen LogP contribution in [0.3, 0.4) is 0 Å². The first-order chi connectivity index (χ1) is 6.66. The molecule has 0 fully saturated rings. The molecular formula is C8H6ClN3OS. The fourth-order valence-electron chi connectivity index (χ4n) is 0.999. The van der Waals surface area contributed by atoms with Crippen molar-refractivity contribution in [1.29, 1.82) is 0 Å². The fraction of sp³-hybridized carbons (Fsp3) is 0. The number of H-pyrrole nitrogens is 1. The third kappa shape index (κ3) is 1.64. The molecule has 4 nitrogen and oxygen atoms in total. The zero-order valence-corrected chi connectivity index (χ0v) is 8.52. The van der Waals surface area contributed by atoms with Crippen LogP contribution < -0.4 is 11.3 Å². The van der Waals surface area contributed by atoms with Crippen LogP contribution in [0.2, 0.25) is 4.34 Å². The fourth-order valence-corrected chi connectivity index (χ4v) is 2.00. The maximum atomic E-state index is 10.9. The lowest BCUT2D eigenvalue weighted by Gasteiger charge is -1.96. The van der Waals surface area contributed by atoms with Crippen LogP contribution >= 0.6 is 22.9 Å². The van der Waals surface area contributed by atoms with Gasteiger partial charge >= 0.3 is 0 Å². The first kappa shape index (κ1) is 9.23. The molecule has 0 saturated carbocycles. The highest BCUT2D eigenvalue weighted by Gasteiger charge is 2.04. The molecule has 0 spiro atoms. The molecule has 72 valence electrons. The molecule has 0 aliphatic rings. The van der Waals surface area contributed by atoms with E-state index in [1.54, 1.807) is 6.07 Å². The SMILES string of the molecule is Nc1cc(-c2ccc(Cl)s2)n[nH]c1=O. The van der Waals surface area contributed by atoms with Gasteiger partial charge in [0.1, 0.15) is 11.4 Å². The van der Waals surface area contributed by atoms with E-state index in [2.05, 4.69) is 10.2 Å². The molecule has 2 rings (SSSR count). The van der Waals surface area contributed by atoms with Gasteiger partial charge in [-0.2, -0.15) is 5.10 Å². The van der Waals surface area contributed by atoms with Gasteiger partial charge in [0.2, 0.25) is 0 Å². The molecule has 2 aromatic heterocycles. The second-order valence-electron chi connectivity index (χ2n) is 2.64. The Bertz CT molecular complexity index is 519. The van der Waals surface area contributed by atoms with Crippen LogP contribution in [0.1, 0.15) is 0 Å². The van der Waals surface area contributed by atoms with Crippen molar-refractivity contribution in [1.82, 2.24) is 10.2 Å². The normalized spacial score (nSPS) is 10.4. The number of halogens is 1. The van der Waals surface area contributed by atoms with Crippen molar-refractivity contribution in [2.45, 2.75) is 0 Å². The zero-order chi connectivity index (χ0) is 10.1. The van der Waals surface area contributed by atoms with E-state index in [1.807, 2.05) is 6.07 Å². The quantitative estimate of drug-likeness (QED) is 0.780. The topological polar surface area (TPSA) is 71.8 Å². The standard InChI is InChI=1S/C8H6ClN3OS/c9-7-2-1-6(14-7)5-3-4(10)8(13)12-11-5/h1-3H,(H2,10,11)(H,12,13). The van der Waals surface area contributed by atoms with Crippen molar-refractivity contribution in [3.63, 3.8) is 0 Å². The summed E-state index contributed by atoms with van der Waals surface area (Å²) in [4.78, 5) is 11.8. The van der Waals surface area contributed by atoms with Crippen LogP contribution in [0.25, 0.3) is 10.6 Å². The molecule has 3 N–H and O–H groups in total. The van der Waals surface area contributed by atoms with E-state index in [0.717, 1.165) is 4.88 Å². The number of nitrogens with one attached hydrogen (secondary N) is 1. The number of nitrogen functional groups attached to an aromatic ring is 1. The zero-order valence-electron chi connectivity index (χ0n) is 6.95. The van der Waals surface area contributed by atoms with E-state index in [0.29, 0.717) is 10.0 Å². The summed E-state index contributed by atoms with van der Waals surface area (Å²) < 4.78 is 0.673. The highest BCUT2D eigenvalue weighted by molar-refractivity contribution is 7.19. The predicted molar refractivity (Wildman–Crippen MR) is 57.6 cm³/mol. The van der Waals surface area contributed by atoms with Crippen molar-refractivity contribution in [3.05, 3.63) is 32.9 Å². The number of aromatic amines is 1. The summed E-state index contributed by atoms with van der Waals surface area (Å²) >= 11 is 7.15. The summed E-state index contributed by atoms with van der Waals surface area (Å²) in [5.41, 5.74) is 5.85. The Balaban J connectivity index is 2.52. The predicted octanol–water partition coefficient (Wildman–Crippen LogP) is 1.73. The summed E-state index contributed by atoms with van der Waals surface area (Å²) in [5, 5.41) is 6.17. The molecule has 0 aliphatic carbocycles. The van der Waals surface area contributed by atoms with Crippen LogP contribution in [-0.4, -0.2) is 10.2 Å². The van der Waals surface area contributed by atoms with Gasteiger partial charge in [-0.1, -0.05) is 11.6 Å². The molecule has 0 unspecified atom stereocenters. The number of hydrogen-bond donors (Lipinski definition) is 2. The first-order valence-corrected chi connectivity index (χ1v) is 4.97. The van der Waals surface area contributed by atoms with Gasteiger partial charge in [0.05, 0.1) is 9.21 Å². The minimum atomic E-state index is -0.378. The van der Waals surface area contributed by atoms with Gasteiger partial charge in [-0.05, 0) is 18.2 Å². The Kier molecular flexibility index (Phi) is 2.26. The number of nitrogens with two attached hydrogens (primary N) is 1. The number of thiophene rings is 1. The molecule has 2 heterocycles. The van der Waals surface area contributed by atoms with E-state index in [9.17, 15) is 4.79 Å². The smallest absolute Gasteiger partial charge is 0.287 e. The van der Waals surface area contributed by atoms with Gasteiger partial charge in [0.25, 0.3) is 5.56 Å². The lowest BCUT2D eigenvalue weighted by Crippen LogP contribution is -2.12. The Labute approximate surface area is 88.3 Å². The summed E-state index contributed by atoms with van der Waals surface area (Å²) in [6.45, 7) is 0. The molecule has 6 heteroatoms. The highest BCUT2D eigenvalue weighted by atomic mass is 35.5. The van der Waals surface area contributed by atoms with E-state index in [1.165, 1.54) is 17.4 Å². The second-order valence-corrected chi connectivity index (χ2v) is 4.36. The van der Waals surface area contributed by atoms with E-state index in [-0.39, 0.29) is 11.2 Å². The number of anilines is 1. The highest BCUT2D eigenvalue weighted by Crippen LogP contribution is 2.29. The van der Waals surface area contributed by atoms with Crippen molar-refractivity contribution >= 4 is 28.6 Å². The molecule has 0 aromatic carbocycles. The van der Waals surface area contributed by atoms with Crippen LogP contribution in [0.15, 0.2) is 23.0 Å². The molecule has 2 aromatic rings. The molecular weight excluding hydrogens is 222 g/mol. The lowest BCUT2D eigenvalue weighted by atomic mass is 10.3. The van der Waals surface area contributed by atoms with Gasteiger partial charge in [-0.25, -0.2) is 5.10 Å². The van der Waals surface area contributed by atoms with Crippen molar-refractivity contribution in [2.75, 3.05) is 5.73 Å². The molecule has 14 heavy (non-hydrogen) atoms. The Morgan fingerprint density at radius 3 is 2.86 bits per heavy atom. The number of rotatable bonds is 1. The molecule has 0 atom stereocenters. The molecule has 0 aliphatic heterocycles. The van der Waals surface area contributed by atoms with Gasteiger partial charge in [0, 0.05) is 0 Å². The number of nitrogens with zero attached hydrogens (tertiary/aromatic N) is 1. The third-order valence-corrected chi connectivity index (χ3v) is 2.91. The second kappa shape index (κ2) is 3.43. The van der Waals surface area contributed by atoms with E-state index >= 15 is 0 Å². The van der Waals surface area contributed by atoms with Crippen molar-refractivity contribution in [2.24, 2.45) is 0 Å². The van der Waals surface area contributed by atoms with Crippen LogP contribution in [0, 0.1) is 0 Å². The summed E-state index contributed by atoms with van der Waals surface area (Å²) in [7, 11) is 0.